The third kappa shape index (κ3) is 4.12. The molecule has 0 radical (unpaired) electrons. The number of rotatable bonds is 5. The monoisotopic (exact) mass is 339 g/mol. The molecule has 5 heteroatoms. The Balaban J connectivity index is 1.70. The van der Waals surface area contributed by atoms with Gasteiger partial charge in [-0.1, -0.05) is 18.2 Å². The van der Waals surface area contributed by atoms with Crippen LogP contribution in [0.3, 0.4) is 0 Å². The molecule has 1 heterocycles. The van der Waals surface area contributed by atoms with Gasteiger partial charge in [-0.25, -0.2) is 0 Å². The van der Waals surface area contributed by atoms with E-state index in [0.29, 0.717) is 18.1 Å². The van der Waals surface area contributed by atoms with Gasteiger partial charge >= 0.3 is 0 Å². The van der Waals surface area contributed by atoms with Gasteiger partial charge in [-0.15, -0.1) is 0 Å². The number of hydrogen-bond donors (Lipinski definition) is 1. The minimum Gasteiger partial charge on any atom is -0.497 e. The molecule has 1 unspecified atom stereocenters. The van der Waals surface area contributed by atoms with Crippen LogP contribution >= 0.6 is 0 Å². The van der Waals surface area contributed by atoms with Crippen molar-refractivity contribution in [3.05, 3.63) is 59.7 Å². The van der Waals surface area contributed by atoms with Crippen molar-refractivity contribution in [3.63, 3.8) is 0 Å². The summed E-state index contributed by atoms with van der Waals surface area (Å²) >= 11 is 0. The highest BCUT2D eigenvalue weighted by atomic mass is 16.5. The highest BCUT2D eigenvalue weighted by Crippen LogP contribution is 2.31. The first-order valence-electron chi connectivity index (χ1n) is 8.13. The zero-order chi connectivity index (χ0) is 17.6. The summed E-state index contributed by atoms with van der Waals surface area (Å²) in [6, 6.07) is 13.2. The number of benzene rings is 2. The number of nitrogens with one attached hydrogen (secondary N) is 1. The van der Waals surface area contributed by atoms with Gasteiger partial charge in [0.05, 0.1) is 26.9 Å². The number of fused-ring (bicyclic) bond motifs is 1. The molecule has 25 heavy (non-hydrogen) atoms. The molecule has 1 aliphatic heterocycles. The summed E-state index contributed by atoms with van der Waals surface area (Å²) < 4.78 is 16.1. The van der Waals surface area contributed by atoms with Gasteiger partial charge in [-0.3, -0.25) is 4.79 Å². The fourth-order valence-electron chi connectivity index (χ4n) is 2.81. The lowest BCUT2D eigenvalue weighted by molar-refractivity contribution is -0.117. The van der Waals surface area contributed by atoms with Gasteiger partial charge in [0.25, 0.3) is 0 Å². The number of amides is 1. The average molecular weight is 339 g/mol. The van der Waals surface area contributed by atoms with Crippen LogP contribution in [0.15, 0.2) is 48.5 Å². The predicted octanol–water partition coefficient (Wildman–Crippen LogP) is 3.36. The molecule has 1 atom stereocenters. The van der Waals surface area contributed by atoms with E-state index < -0.39 is 0 Å². The van der Waals surface area contributed by atoms with Crippen molar-refractivity contribution in [2.75, 3.05) is 20.8 Å². The smallest absolute Gasteiger partial charge is 0.244 e. The Morgan fingerprint density at radius 2 is 1.88 bits per heavy atom. The second-order valence-corrected chi connectivity index (χ2v) is 5.72. The van der Waals surface area contributed by atoms with Crippen molar-refractivity contribution < 1.29 is 19.0 Å². The molecule has 1 amide bonds. The van der Waals surface area contributed by atoms with E-state index >= 15 is 0 Å². The molecule has 130 valence electrons. The second-order valence-electron chi connectivity index (χ2n) is 5.72. The number of para-hydroxylation sites is 1. The number of hydrogen-bond acceptors (Lipinski definition) is 4. The van der Waals surface area contributed by atoms with Crippen LogP contribution < -0.4 is 19.5 Å². The topological polar surface area (TPSA) is 56.8 Å². The SMILES string of the molecule is COc1cc(/C=C/C(=O)NC2CCOc3ccccc32)cc(OC)c1. The Bertz CT molecular complexity index is 763. The van der Waals surface area contributed by atoms with Gasteiger partial charge in [-0.05, 0) is 29.8 Å². The Kier molecular flexibility index (Phi) is 5.23. The van der Waals surface area contributed by atoms with Gasteiger partial charge in [0.15, 0.2) is 0 Å². The Labute approximate surface area is 147 Å². The van der Waals surface area contributed by atoms with Crippen molar-refractivity contribution in [2.24, 2.45) is 0 Å². The van der Waals surface area contributed by atoms with E-state index in [4.69, 9.17) is 14.2 Å². The van der Waals surface area contributed by atoms with Crippen LogP contribution in [-0.4, -0.2) is 26.7 Å². The highest BCUT2D eigenvalue weighted by Gasteiger charge is 2.21. The van der Waals surface area contributed by atoms with Crippen LogP contribution in [0.4, 0.5) is 0 Å². The van der Waals surface area contributed by atoms with Crippen LogP contribution in [0.1, 0.15) is 23.6 Å². The lowest BCUT2D eigenvalue weighted by Gasteiger charge is -2.26. The molecule has 0 bridgehead atoms. The number of methoxy groups -OCH3 is 2. The third-order valence-corrected chi connectivity index (χ3v) is 4.08. The third-order valence-electron chi connectivity index (χ3n) is 4.08. The van der Waals surface area contributed by atoms with Gasteiger partial charge in [0, 0.05) is 24.1 Å². The quantitative estimate of drug-likeness (QED) is 0.849. The summed E-state index contributed by atoms with van der Waals surface area (Å²) in [5, 5.41) is 3.03. The summed E-state index contributed by atoms with van der Waals surface area (Å²) in [4.78, 5) is 12.3. The Morgan fingerprint density at radius 3 is 2.60 bits per heavy atom. The van der Waals surface area contributed by atoms with Gasteiger partial charge < -0.3 is 19.5 Å². The fraction of sp³-hybridized carbons (Fsp3) is 0.250. The standard InChI is InChI=1S/C20H21NO4/c1-23-15-11-14(12-16(13-15)24-2)7-8-20(22)21-18-9-10-25-19-6-4-3-5-17(18)19/h3-8,11-13,18H,9-10H2,1-2H3,(H,21,22)/b8-7+. The fourth-order valence-corrected chi connectivity index (χ4v) is 2.81. The van der Waals surface area contributed by atoms with Gasteiger partial charge in [0.1, 0.15) is 17.2 Å². The number of carbonyl (C=O) groups excluding carboxylic acids is 1. The molecule has 1 aliphatic rings. The summed E-state index contributed by atoms with van der Waals surface area (Å²) in [6.07, 6.45) is 4.02. The second kappa shape index (κ2) is 7.75. The molecule has 1 N–H and O–H groups in total. The summed E-state index contributed by atoms with van der Waals surface area (Å²) in [6.45, 7) is 0.596. The van der Waals surface area contributed by atoms with Crippen molar-refractivity contribution in [3.8, 4) is 17.2 Å². The predicted molar refractivity (Wildman–Crippen MR) is 96.0 cm³/mol. The van der Waals surface area contributed by atoms with Crippen molar-refractivity contribution in [1.82, 2.24) is 5.32 Å². The lowest BCUT2D eigenvalue weighted by atomic mass is 10.0. The number of carbonyl (C=O) groups is 1. The van der Waals surface area contributed by atoms with Crippen molar-refractivity contribution in [2.45, 2.75) is 12.5 Å². The van der Waals surface area contributed by atoms with E-state index in [-0.39, 0.29) is 11.9 Å². The minimum atomic E-state index is -0.150. The first-order chi connectivity index (χ1) is 12.2. The largest absolute Gasteiger partial charge is 0.497 e. The Morgan fingerprint density at radius 1 is 1.16 bits per heavy atom. The van der Waals surface area contributed by atoms with E-state index in [1.54, 1.807) is 26.4 Å². The molecule has 0 saturated heterocycles. The average Bonchev–Trinajstić information content (AvgIpc) is 2.66. The van der Waals surface area contributed by atoms with Crippen molar-refractivity contribution in [1.29, 1.82) is 0 Å². The normalized spacial score (nSPS) is 16.0. The van der Waals surface area contributed by atoms with E-state index in [1.807, 2.05) is 36.4 Å². The molecule has 0 saturated carbocycles. The molecule has 0 fully saturated rings. The van der Waals surface area contributed by atoms with Crippen LogP contribution in [0.25, 0.3) is 6.08 Å². The van der Waals surface area contributed by atoms with E-state index in [1.165, 1.54) is 6.08 Å². The molecule has 3 rings (SSSR count). The first-order valence-corrected chi connectivity index (χ1v) is 8.13. The zero-order valence-electron chi connectivity index (χ0n) is 14.3. The summed E-state index contributed by atoms with van der Waals surface area (Å²) in [7, 11) is 3.19. The molecule has 0 aliphatic carbocycles. The maximum Gasteiger partial charge on any atom is 0.244 e. The van der Waals surface area contributed by atoms with Crippen LogP contribution in [0.5, 0.6) is 17.2 Å². The van der Waals surface area contributed by atoms with E-state index in [2.05, 4.69) is 5.32 Å². The highest BCUT2D eigenvalue weighted by molar-refractivity contribution is 5.92. The molecular weight excluding hydrogens is 318 g/mol. The van der Waals surface area contributed by atoms with Crippen molar-refractivity contribution >= 4 is 12.0 Å². The molecule has 5 nitrogen and oxygen atoms in total. The maximum atomic E-state index is 12.3. The Hall–Kier alpha value is -2.95. The van der Waals surface area contributed by atoms with Gasteiger partial charge in [-0.2, -0.15) is 0 Å². The zero-order valence-corrected chi connectivity index (χ0v) is 14.3. The molecule has 0 aromatic heterocycles. The van der Waals surface area contributed by atoms with Crippen LogP contribution in [-0.2, 0) is 4.79 Å². The van der Waals surface area contributed by atoms with E-state index in [0.717, 1.165) is 23.3 Å². The molecule has 2 aromatic rings. The van der Waals surface area contributed by atoms with Gasteiger partial charge in [0.2, 0.25) is 5.91 Å². The van der Waals surface area contributed by atoms with Crippen LogP contribution in [0, 0.1) is 0 Å². The first kappa shape index (κ1) is 16.9. The lowest BCUT2D eigenvalue weighted by Crippen LogP contribution is -2.30. The molecular formula is C20H21NO4. The number of ether oxygens (including phenoxy) is 3. The van der Waals surface area contributed by atoms with E-state index in [9.17, 15) is 4.79 Å². The maximum absolute atomic E-state index is 12.3. The molecule has 2 aromatic carbocycles. The minimum absolute atomic E-state index is 0.0399. The molecule has 0 spiro atoms. The summed E-state index contributed by atoms with van der Waals surface area (Å²) in [5.41, 5.74) is 1.84. The summed E-state index contributed by atoms with van der Waals surface area (Å²) in [5.74, 6) is 2.04. The van der Waals surface area contributed by atoms with Crippen LogP contribution in [0.2, 0.25) is 0 Å².